The van der Waals surface area contributed by atoms with E-state index in [-0.39, 0.29) is 67.0 Å². The Balaban J connectivity index is 0.00000757. The van der Waals surface area contributed by atoms with Crippen LogP contribution in [-0.2, 0) is 48.1 Å². The molecule has 5 nitrogen and oxygen atoms in total. The zero-order chi connectivity index (χ0) is 56.3. The second-order valence-electron chi connectivity index (χ2n) is 24.8. The van der Waals surface area contributed by atoms with Crippen molar-refractivity contribution in [3.05, 3.63) is 198 Å². The van der Waals surface area contributed by atoms with E-state index in [4.69, 9.17) is 16.6 Å². The molecule has 380 valence electrons. The van der Waals surface area contributed by atoms with Gasteiger partial charge in [0.2, 0.25) is 0 Å². The number of ether oxygens (including phenoxy) is 1. The van der Waals surface area contributed by atoms with Gasteiger partial charge in [-0.1, -0.05) is 200 Å². The van der Waals surface area contributed by atoms with Gasteiger partial charge in [-0.15, -0.1) is 29.7 Å². The third-order valence-corrected chi connectivity index (χ3v) is 14.0. The first-order valence-corrected chi connectivity index (χ1v) is 25.5. The molecule has 3 heterocycles. The number of imidazole rings is 1. The van der Waals surface area contributed by atoms with Crippen molar-refractivity contribution >= 4 is 32.8 Å². The SMILES string of the molecule is [2H]c1c([2H])c([2H])c(-c2cc(C(C)(C)C)c(-[n+]3[c-]n(-c4[c-]c(Oc5[c-]c6c(cc5)c5ccccc5n6-c5cc(C(C)(C)C)ccn5)ccc4)c4cc(-c5cc(C(C)(C)C)cc(C(C)(C)C)c5)ccc43)c(C(C)(C)C)c2)c([2H])c1[2H].[Pt]. The smallest absolute Gasteiger partial charge is 0.268 e. The van der Waals surface area contributed by atoms with Crippen LogP contribution in [0.4, 0.5) is 0 Å². The topological polar surface area (TPSA) is 35.9 Å². The van der Waals surface area contributed by atoms with E-state index < -0.39 is 16.9 Å². The summed E-state index contributed by atoms with van der Waals surface area (Å²) in [5.74, 6) is 1.84. The van der Waals surface area contributed by atoms with Gasteiger partial charge in [0.15, 0.2) is 0 Å². The maximum Gasteiger partial charge on any atom is 0.268 e. The van der Waals surface area contributed by atoms with E-state index in [1.807, 2.05) is 42.6 Å². The standard InChI is InChI=1S/C68H70N4O.Pt/c1-64(2,3)48-32-33-69-62(40-48)72-58-27-20-19-26-54(58)55-30-29-53(42-60(55)72)73-52-25-21-24-51(41-52)70-43-71(63-56(67(10,11)12)36-47(37-57(63)68(13,14)15)44-22-17-16-18-23-44)59-31-28-45(38-61(59)70)46-34-49(65(4,5)6)39-50(35-46)66(7,8)9;/h16-40H,1-15H3;/q-2;/i16D,17D,18D,22D,23D;. The van der Waals surface area contributed by atoms with Crippen LogP contribution in [-0.4, -0.2) is 14.1 Å². The molecular formula is C68H70N4OPt-2. The summed E-state index contributed by atoms with van der Waals surface area (Å²) in [6, 6.07) is 45.9. The molecule has 0 atom stereocenters. The van der Waals surface area contributed by atoms with E-state index in [1.165, 1.54) is 16.7 Å². The van der Waals surface area contributed by atoms with Gasteiger partial charge in [-0.05, 0) is 112 Å². The first-order valence-electron chi connectivity index (χ1n) is 28.0. The molecule has 6 heteroatoms. The number of benzene rings is 7. The van der Waals surface area contributed by atoms with Crippen molar-refractivity contribution in [2.24, 2.45) is 0 Å². The van der Waals surface area contributed by atoms with Gasteiger partial charge in [-0.2, -0.15) is 18.2 Å². The number of hydrogen-bond donors (Lipinski definition) is 0. The zero-order valence-electron chi connectivity index (χ0n) is 50.6. The number of hydrogen-bond acceptors (Lipinski definition) is 2. The quantitative estimate of drug-likeness (QED) is 0.118. The molecule has 0 fully saturated rings. The Bertz CT molecular complexity index is 3940. The van der Waals surface area contributed by atoms with Crippen LogP contribution in [0.25, 0.3) is 72.3 Å². The molecule has 10 rings (SSSR count). The summed E-state index contributed by atoms with van der Waals surface area (Å²) >= 11 is 0. The van der Waals surface area contributed by atoms with Crippen LogP contribution in [0.2, 0.25) is 0 Å². The molecule has 0 spiro atoms. The average Bonchev–Trinajstić information content (AvgIpc) is 4.11. The van der Waals surface area contributed by atoms with Gasteiger partial charge in [0.05, 0.1) is 23.6 Å². The molecule has 0 aliphatic carbocycles. The number of aromatic nitrogens is 4. The largest absolute Gasteiger partial charge is 0.510 e. The van der Waals surface area contributed by atoms with E-state index in [0.717, 1.165) is 66.6 Å². The molecule has 0 unspecified atom stereocenters. The van der Waals surface area contributed by atoms with Crippen LogP contribution in [0.3, 0.4) is 0 Å². The van der Waals surface area contributed by atoms with E-state index in [1.54, 1.807) is 0 Å². The molecule has 0 amide bonds. The van der Waals surface area contributed by atoms with Gasteiger partial charge in [0, 0.05) is 44.3 Å². The summed E-state index contributed by atoms with van der Waals surface area (Å²) in [6.07, 6.45) is 5.73. The van der Waals surface area contributed by atoms with Gasteiger partial charge in [-0.25, -0.2) is 4.98 Å². The fourth-order valence-corrected chi connectivity index (χ4v) is 9.77. The Labute approximate surface area is 461 Å². The van der Waals surface area contributed by atoms with Gasteiger partial charge in [-0.3, -0.25) is 4.57 Å². The second-order valence-corrected chi connectivity index (χ2v) is 24.8. The van der Waals surface area contributed by atoms with Gasteiger partial charge in [0.1, 0.15) is 5.82 Å². The van der Waals surface area contributed by atoms with Crippen LogP contribution in [0.5, 0.6) is 11.5 Å². The summed E-state index contributed by atoms with van der Waals surface area (Å²) in [7, 11) is 0. The summed E-state index contributed by atoms with van der Waals surface area (Å²) < 4.78 is 56.8. The molecule has 0 saturated carbocycles. The molecule has 3 aromatic heterocycles. The molecule has 0 aliphatic heterocycles. The Morgan fingerprint density at radius 2 is 1.14 bits per heavy atom. The van der Waals surface area contributed by atoms with E-state index >= 15 is 0 Å². The fourth-order valence-electron chi connectivity index (χ4n) is 9.77. The second kappa shape index (κ2) is 19.0. The van der Waals surface area contributed by atoms with Crippen LogP contribution in [0, 0.1) is 18.5 Å². The van der Waals surface area contributed by atoms with Crippen molar-refractivity contribution in [1.82, 2.24) is 14.1 Å². The number of nitrogens with zero attached hydrogens (tertiary/aromatic N) is 4. The Morgan fingerprint density at radius 3 is 1.77 bits per heavy atom. The van der Waals surface area contributed by atoms with Crippen LogP contribution in [0.15, 0.2) is 152 Å². The zero-order valence-corrected chi connectivity index (χ0v) is 47.8. The third kappa shape index (κ3) is 10.1. The molecule has 0 bridgehead atoms. The van der Waals surface area contributed by atoms with Crippen LogP contribution >= 0.6 is 0 Å². The molecule has 10 aromatic rings. The predicted octanol–water partition coefficient (Wildman–Crippen LogP) is 17.4. The van der Waals surface area contributed by atoms with E-state index in [9.17, 15) is 0 Å². The molecule has 0 N–H and O–H groups in total. The summed E-state index contributed by atoms with van der Waals surface area (Å²) in [6.45, 7) is 33.1. The number of rotatable bonds is 7. The fraction of sp³-hybridized carbons (Fsp3) is 0.294. The monoisotopic (exact) mass is 1160 g/mol. The first kappa shape index (κ1) is 46.0. The summed E-state index contributed by atoms with van der Waals surface area (Å²) in [4.78, 5) is 4.88. The summed E-state index contributed by atoms with van der Waals surface area (Å²) in [5.41, 5.74) is 12.5. The Kier molecular flexibility index (Phi) is 11.8. The van der Waals surface area contributed by atoms with Gasteiger partial charge < -0.3 is 13.9 Å². The maximum atomic E-state index is 9.05. The molecule has 0 aliphatic rings. The molecule has 74 heavy (non-hydrogen) atoms. The van der Waals surface area contributed by atoms with Crippen molar-refractivity contribution < 1.29 is 37.2 Å². The maximum absolute atomic E-state index is 9.05. The van der Waals surface area contributed by atoms with Gasteiger partial charge >= 0.3 is 0 Å². The molecule has 0 saturated heterocycles. The predicted molar refractivity (Wildman–Crippen MR) is 304 cm³/mol. The minimum absolute atomic E-state index is 0. The third-order valence-electron chi connectivity index (χ3n) is 14.0. The normalized spacial score (nSPS) is 13.6. The van der Waals surface area contributed by atoms with Crippen molar-refractivity contribution in [3.8, 4) is 50.9 Å². The van der Waals surface area contributed by atoms with Crippen molar-refractivity contribution in [3.63, 3.8) is 0 Å². The van der Waals surface area contributed by atoms with Crippen LogP contribution < -0.4 is 9.30 Å². The number of pyridine rings is 1. The minimum atomic E-state index is -0.487. The number of fused-ring (bicyclic) bond motifs is 4. The van der Waals surface area contributed by atoms with Crippen molar-refractivity contribution in [2.45, 2.75) is 131 Å². The molecule has 0 radical (unpaired) electrons. The molecular weight excluding hydrogens is 1080 g/mol. The summed E-state index contributed by atoms with van der Waals surface area (Å²) in [5, 5.41) is 2.14. The van der Waals surface area contributed by atoms with Gasteiger partial charge in [0.25, 0.3) is 6.33 Å². The average molecular weight is 1160 g/mol. The van der Waals surface area contributed by atoms with E-state index in [2.05, 4.69) is 215 Å². The Morgan fingerprint density at radius 1 is 0.514 bits per heavy atom. The van der Waals surface area contributed by atoms with Crippen LogP contribution in [0.1, 0.15) is 139 Å². The van der Waals surface area contributed by atoms with Crippen molar-refractivity contribution in [2.75, 3.05) is 0 Å². The first-order chi connectivity index (χ1) is 36.4. The van der Waals surface area contributed by atoms with E-state index in [0.29, 0.717) is 22.7 Å². The number of para-hydroxylation sites is 1. The molecule has 7 aromatic carbocycles. The van der Waals surface area contributed by atoms with Crippen molar-refractivity contribution in [1.29, 1.82) is 0 Å². The Hall–Kier alpha value is -6.55. The minimum Gasteiger partial charge on any atom is -0.510 e.